The fourth-order valence-corrected chi connectivity index (χ4v) is 2.11. The van der Waals surface area contributed by atoms with Crippen molar-refractivity contribution in [2.75, 3.05) is 0 Å². The zero-order valence-corrected chi connectivity index (χ0v) is 12.8. The summed E-state index contributed by atoms with van der Waals surface area (Å²) in [5.41, 5.74) is 1.60. The predicted octanol–water partition coefficient (Wildman–Crippen LogP) is 4.28. The summed E-state index contributed by atoms with van der Waals surface area (Å²) in [4.78, 5) is 16.2. The molecule has 0 bridgehead atoms. The zero-order valence-electron chi connectivity index (χ0n) is 12.0. The third-order valence-corrected chi connectivity index (χ3v) is 3.24. The Bertz CT molecular complexity index is 632. The first-order valence-corrected chi connectivity index (χ1v) is 7.26. The number of carbonyl (C=O) groups excluding carboxylic acids is 1. The number of benzene rings is 1. The van der Waals surface area contributed by atoms with E-state index in [1.807, 2.05) is 30.3 Å². The summed E-state index contributed by atoms with van der Waals surface area (Å²) in [6, 6.07) is 12.6. The van der Waals surface area contributed by atoms with Crippen molar-refractivity contribution >= 4 is 17.7 Å². The smallest absolute Gasteiger partial charge is 0.408 e. The van der Waals surface area contributed by atoms with Gasteiger partial charge in [0.25, 0.3) is 0 Å². The van der Waals surface area contributed by atoms with Gasteiger partial charge in [0.05, 0.1) is 11.7 Å². The number of hydrogen-bond acceptors (Lipinski definition) is 3. The molecule has 0 aliphatic heterocycles. The first-order valence-electron chi connectivity index (χ1n) is 6.88. The second kappa shape index (κ2) is 8.20. The largest absolute Gasteiger partial charge is 0.445 e. The van der Waals surface area contributed by atoms with Crippen LogP contribution in [-0.4, -0.2) is 11.1 Å². The van der Waals surface area contributed by atoms with Crippen LogP contribution in [0.1, 0.15) is 23.7 Å². The summed E-state index contributed by atoms with van der Waals surface area (Å²) in [7, 11) is 0. The third-order valence-electron chi connectivity index (χ3n) is 3.01. The second-order valence-electron chi connectivity index (χ2n) is 4.68. The molecule has 5 heteroatoms. The highest BCUT2D eigenvalue weighted by Crippen LogP contribution is 2.18. The van der Waals surface area contributed by atoms with Gasteiger partial charge in [-0.25, -0.2) is 4.79 Å². The number of carbonyl (C=O) groups is 1. The van der Waals surface area contributed by atoms with Gasteiger partial charge in [-0.3, -0.25) is 4.98 Å². The lowest BCUT2D eigenvalue weighted by Gasteiger charge is -2.16. The molecule has 2 rings (SSSR count). The van der Waals surface area contributed by atoms with E-state index in [1.54, 1.807) is 24.4 Å². The van der Waals surface area contributed by atoms with E-state index in [1.165, 1.54) is 0 Å². The van der Waals surface area contributed by atoms with Crippen LogP contribution >= 0.6 is 11.6 Å². The molecule has 0 radical (unpaired) electrons. The van der Waals surface area contributed by atoms with Gasteiger partial charge in [0.2, 0.25) is 0 Å². The Morgan fingerprint density at radius 2 is 2.14 bits per heavy atom. The van der Waals surface area contributed by atoms with Crippen molar-refractivity contribution in [2.24, 2.45) is 0 Å². The Morgan fingerprint density at radius 3 is 2.82 bits per heavy atom. The van der Waals surface area contributed by atoms with Crippen molar-refractivity contribution in [3.8, 4) is 0 Å². The lowest BCUT2D eigenvalue weighted by Crippen LogP contribution is -2.29. The van der Waals surface area contributed by atoms with Gasteiger partial charge < -0.3 is 10.1 Å². The van der Waals surface area contributed by atoms with Crippen LogP contribution in [0.15, 0.2) is 61.3 Å². The molecule has 4 nitrogen and oxygen atoms in total. The molecule has 0 fully saturated rings. The van der Waals surface area contributed by atoms with E-state index < -0.39 is 6.09 Å². The van der Waals surface area contributed by atoms with Crippen LogP contribution in [0.2, 0.25) is 5.02 Å². The number of hydrogen-bond donors (Lipinski definition) is 1. The average Bonchev–Trinajstić information content (AvgIpc) is 2.53. The Balaban J connectivity index is 1.95. The van der Waals surface area contributed by atoms with Crippen LogP contribution in [0.25, 0.3) is 0 Å². The molecule has 1 atom stereocenters. The molecule has 1 heterocycles. The Hall–Kier alpha value is -2.33. The number of nitrogens with zero attached hydrogens (tertiary/aromatic N) is 1. The molecule has 1 aromatic carbocycles. The maximum Gasteiger partial charge on any atom is 0.408 e. The van der Waals surface area contributed by atoms with Gasteiger partial charge in [0, 0.05) is 11.2 Å². The molecule has 1 amide bonds. The molecular formula is C17H17ClN2O2. The third kappa shape index (κ3) is 4.90. The summed E-state index contributed by atoms with van der Waals surface area (Å²) >= 11 is 5.96. The van der Waals surface area contributed by atoms with E-state index in [0.29, 0.717) is 17.1 Å². The lowest BCUT2D eigenvalue weighted by atomic mass is 10.1. The van der Waals surface area contributed by atoms with Gasteiger partial charge >= 0.3 is 6.09 Å². The summed E-state index contributed by atoms with van der Waals surface area (Å²) < 4.78 is 5.21. The minimum absolute atomic E-state index is 0.219. The topological polar surface area (TPSA) is 51.2 Å². The van der Waals surface area contributed by atoms with Gasteiger partial charge in [-0.15, -0.1) is 6.58 Å². The van der Waals surface area contributed by atoms with Crippen LogP contribution in [0, 0.1) is 0 Å². The SMILES string of the molecule is C=CC[C@H](NC(=O)OCc1ccccc1)c1cc(Cl)ccn1. The summed E-state index contributed by atoms with van der Waals surface area (Å²) in [6.07, 6.45) is 3.35. The lowest BCUT2D eigenvalue weighted by molar-refractivity contribution is 0.135. The van der Waals surface area contributed by atoms with Crippen molar-refractivity contribution < 1.29 is 9.53 Å². The first-order chi connectivity index (χ1) is 10.7. The molecule has 2 aromatic rings. The van der Waals surface area contributed by atoms with Gasteiger partial charge in [0.15, 0.2) is 0 Å². The zero-order chi connectivity index (χ0) is 15.8. The second-order valence-corrected chi connectivity index (χ2v) is 5.12. The average molecular weight is 317 g/mol. The molecule has 0 aliphatic carbocycles. The molecule has 0 aliphatic rings. The highest BCUT2D eigenvalue weighted by molar-refractivity contribution is 6.30. The van der Waals surface area contributed by atoms with Crippen molar-refractivity contribution in [1.82, 2.24) is 10.3 Å². The maximum absolute atomic E-state index is 11.9. The monoisotopic (exact) mass is 316 g/mol. The van der Waals surface area contributed by atoms with Crippen LogP contribution in [0.3, 0.4) is 0 Å². The minimum Gasteiger partial charge on any atom is -0.445 e. The van der Waals surface area contributed by atoms with Crippen LogP contribution in [-0.2, 0) is 11.3 Å². The quantitative estimate of drug-likeness (QED) is 0.809. The molecule has 0 saturated heterocycles. The van der Waals surface area contributed by atoms with E-state index in [0.717, 1.165) is 5.56 Å². The van der Waals surface area contributed by atoms with Gasteiger partial charge in [-0.2, -0.15) is 0 Å². The number of pyridine rings is 1. The molecular weight excluding hydrogens is 300 g/mol. The maximum atomic E-state index is 11.9. The molecule has 22 heavy (non-hydrogen) atoms. The van der Waals surface area contributed by atoms with Gasteiger partial charge in [-0.1, -0.05) is 48.0 Å². The summed E-state index contributed by atoms with van der Waals surface area (Å²) in [5, 5.41) is 3.35. The predicted molar refractivity (Wildman–Crippen MR) is 86.6 cm³/mol. The van der Waals surface area contributed by atoms with Crippen molar-refractivity contribution in [3.05, 3.63) is 77.6 Å². The van der Waals surface area contributed by atoms with E-state index >= 15 is 0 Å². The molecule has 0 unspecified atom stereocenters. The molecule has 1 aromatic heterocycles. The van der Waals surface area contributed by atoms with E-state index in [2.05, 4.69) is 16.9 Å². The fraction of sp³-hybridized carbons (Fsp3) is 0.176. The van der Waals surface area contributed by atoms with E-state index in [-0.39, 0.29) is 12.6 Å². The van der Waals surface area contributed by atoms with E-state index in [4.69, 9.17) is 16.3 Å². The van der Waals surface area contributed by atoms with Crippen molar-refractivity contribution in [1.29, 1.82) is 0 Å². The molecule has 0 spiro atoms. The van der Waals surface area contributed by atoms with Crippen molar-refractivity contribution in [2.45, 2.75) is 19.1 Å². The number of rotatable bonds is 6. The Labute approximate surface area is 134 Å². The number of halogens is 1. The standard InChI is InChI=1S/C17H17ClN2O2/c1-2-6-15(16-11-14(18)9-10-19-16)20-17(21)22-12-13-7-4-3-5-8-13/h2-5,7-11,15H,1,6,12H2,(H,20,21)/t15-/m0/s1. The first kappa shape index (κ1) is 16.0. The Morgan fingerprint density at radius 1 is 1.36 bits per heavy atom. The molecule has 114 valence electrons. The number of alkyl carbamates (subject to hydrolysis) is 1. The normalized spacial score (nSPS) is 11.5. The molecule has 0 saturated carbocycles. The minimum atomic E-state index is -0.502. The number of nitrogens with one attached hydrogen (secondary N) is 1. The highest BCUT2D eigenvalue weighted by atomic mass is 35.5. The number of ether oxygens (including phenoxy) is 1. The summed E-state index contributed by atoms with van der Waals surface area (Å²) in [6.45, 7) is 3.92. The number of aromatic nitrogens is 1. The van der Waals surface area contributed by atoms with Crippen molar-refractivity contribution in [3.63, 3.8) is 0 Å². The Kier molecular flexibility index (Phi) is 5.98. The number of amides is 1. The van der Waals surface area contributed by atoms with Crippen LogP contribution in [0.5, 0.6) is 0 Å². The summed E-state index contributed by atoms with van der Waals surface area (Å²) in [5.74, 6) is 0. The van der Waals surface area contributed by atoms with E-state index in [9.17, 15) is 4.79 Å². The highest BCUT2D eigenvalue weighted by Gasteiger charge is 2.15. The molecule has 1 N–H and O–H groups in total. The van der Waals surface area contributed by atoms with Crippen LogP contribution < -0.4 is 5.32 Å². The fourth-order valence-electron chi connectivity index (χ4n) is 1.94. The van der Waals surface area contributed by atoms with Gasteiger partial charge in [0.1, 0.15) is 6.61 Å². The van der Waals surface area contributed by atoms with Gasteiger partial charge in [-0.05, 0) is 24.1 Å². The van der Waals surface area contributed by atoms with Crippen LogP contribution in [0.4, 0.5) is 4.79 Å².